The molecule has 0 bridgehead atoms. The highest BCUT2D eigenvalue weighted by Gasteiger charge is 2.28. The Morgan fingerprint density at radius 2 is 1.54 bits per heavy atom. The molecule has 0 radical (unpaired) electrons. The van der Waals surface area contributed by atoms with Gasteiger partial charge in [-0.2, -0.15) is 0 Å². The largest absolute Gasteiger partial charge is 0.443 e. The number of nitrogens with zero attached hydrogens (tertiary/aromatic N) is 1. The number of ketones is 1. The lowest BCUT2D eigenvalue weighted by atomic mass is 10.00. The fraction of sp³-hybridized carbons (Fsp3) is 0.0526. The average Bonchev–Trinajstić information content (AvgIpc) is 3.17. The second-order valence-electron chi connectivity index (χ2n) is 5.32. The van der Waals surface area contributed by atoms with E-state index >= 15 is 0 Å². The molecule has 2 aromatic carbocycles. The zero-order chi connectivity index (χ0) is 18.5. The van der Waals surface area contributed by atoms with Crippen molar-refractivity contribution in [3.63, 3.8) is 0 Å². The predicted octanol–water partition coefficient (Wildman–Crippen LogP) is 3.97. The summed E-state index contributed by atoms with van der Waals surface area (Å²) in [5, 5.41) is 10.7. The Bertz CT molecular complexity index is 933. The van der Waals surface area contributed by atoms with Gasteiger partial charge in [-0.1, -0.05) is 60.7 Å². The smallest absolute Gasteiger partial charge is 0.433 e. The molecule has 0 N–H and O–H groups in total. The van der Waals surface area contributed by atoms with Crippen LogP contribution in [0, 0.1) is 10.1 Å². The number of rotatable bonds is 6. The Labute approximate surface area is 148 Å². The molecule has 1 unspecified atom stereocenters. The van der Waals surface area contributed by atoms with E-state index in [1.54, 1.807) is 60.7 Å². The van der Waals surface area contributed by atoms with E-state index in [-0.39, 0.29) is 5.76 Å². The van der Waals surface area contributed by atoms with Crippen molar-refractivity contribution in [3.05, 3.63) is 99.8 Å². The molecule has 3 aromatic rings. The molecular formula is C19H13NO6. The van der Waals surface area contributed by atoms with Crippen LogP contribution in [-0.2, 0) is 4.74 Å². The predicted molar refractivity (Wildman–Crippen MR) is 90.7 cm³/mol. The molecule has 0 spiro atoms. The number of carbonyl (C=O) groups is 2. The van der Waals surface area contributed by atoms with Crippen molar-refractivity contribution in [2.45, 2.75) is 6.10 Å². The molecule has 0 saturated heterocycles. The molecule has 7 heteroatoms. The van der Waals surface area contributed by atoms with E-state index in [0.717, 1.165) is 12.1 Å². The van der Waals surface area contributed by atoms with Crippen LogP contribution in [0.5, 0.6) is 0 Å². The van der Waals surface area contributed by atoms with Crippen molar-refractivity contribution >= 4 is 17.6 Å². The van der Waals surface area contributed by atoms with Crippen molar-refractivity contribution in [1.29, 1.82) is 0 Å². The minimum Gasteiger partial charge on any atom is -0.443 e. The SMILES string of the molecule is O=C(OC(C(=O)c1ccccc1)c1ccccc1)c1ccc([N+](=O)[O-])o1. The summed E-state index contributed by atoms with van der Waals surface area (Å²) in [4.78, 5) is 35.0. The fourth-order valence-corrected chi connectivity index (χ4v) is 2.36. The van der Waals surface area contributed by atoms with Crippen molar-refractivity contribution in [2.24, 2.45) is 0 Å². The van der Waals surface area contributed by atoms with E-state index in [1.807, 2.05) is 0 Å². The van der Waals surface area contributed by atoms with Crippen LogP contribution in [0.25, 0.3) is 0 Å². The Hall–Kier alpha value is -3.74. The van der Waals surface area contributed by atoms with Gasteiger partial charge >= 0.3 is 11.9 Å². The van der Waals surface area contributed by atoms with E-state index < -0.39 is 28.7 Å². The van der Waals surface area contributed by atoms with Crippen LogP contribution in [0.3, 0.4) is 0 Å². The summed E-state index contributed by atoms with van der Waals surface area (Å²) in [6.07, 6.45) is -1.20. The van der Waals surface area contributed by atoms with Crippen molar-refractivity contribution in [2.75, 3.05) is 0 Å². The normalized spacial score (nSPS) is 11.5. The van der Waals surface area contributed by atoms with Gasteiger partial charge in [0, 0.05) is 11.1 Å². The number of carbonyl (C=O) groups excluding carboxylic acids is 2. The zero-order valence-corrected chi connectivity index (χ0v) is 13.4. The standard InChI is InChI=1S/C19H13NO6/c21-17(13-7-3-1-4-8-13)18(14-9-5-2-6-10-14)26-19(22)15-11-12-16(25-15)20(23)24/h1-12,18H. The van der Waals surface area contributed by atoms with E-state index in [0.29, 0.717) is 11.1 Å². The lowest BCUT2D eigenvalue weighted by Gasteiger charge is -2.16. The van der Waals surface area contributed by atoms with Crippen LogP contribution >= 0.6 is 0 Å². The Kier molecular flexibility index (Phi) is 4.89. The molecule has 0 aliphatic heterocycles. The van der Waals surface area contributed by atoms with Crippen LogP contribution in [0.4, 0.5) is 5.88 Å². The first-order valence-electron chi connectivity index (χ1n) is 7.65. The van der Waals surface area contributed by atoms with Gasteiger partial charge in [-0.15, -0.1) is 0 Å². The van der Waals surface area contributed by atoms with Crippen LogP contribution in [0.1, 0.15) is 32.6 Å². The lowest BCUT2D eigenvalue weighted by Crippen LogP contribution is -2.20. The van der Waals surface area contributed by atoms with Gasteiger partial charge in [0.05, 0.1) is 6.07 Å². The van der Waals surface area contributed by atoms with E-state index in [2.05, 4.69) is 0 Å². The van der Waals surface area contributed by atoms with Gasteiger partial charge in [-0.25, -0.2) is 4.79 Å². The Morgan fingerprint density at radius 3 is 2.12 bits per heavy atom. The first-order chi connectivity index (χ1) is 12.6. The Morgan fingerprint density at radius 1 is 0.923 bits per heavy atom. The summed E-state index contributed by atoms with van der Waals surface area (Å²) in [5.74, 6) is -2.30. The van der Waals surface area contributed by atoms with Crippen molar-refractivity contribution < 1.29 is 23.7 Å². The van der Waals surface area contributed by atoms with Gasteiger partial charge in [0.2, 0.25) is 11.5 Å². The van der Waals surface area contributed by atoms with Crippen LogP contribution < -0.4 is 0 Å². The molecular weight excluding hydrogens is 338 g/mol. The number of nitro groups is 1. The maximum Gasteiger partial charge on any atom is 0.433 e. The monoisotopic (exact) mass is 351 g/mol. The van der Waals surface area contributed by atoms with Crippen molar-refractivity contribution in [3.8, 4) is 0 Å². The summed E-state index contributed by atoms with van der Waals surface area (Å²) in [5.41, 5.74) is 0.857. The number of hydrogen-bond donors (Lipinski definition) is 0. The van der Waals surface area contributed by atoms with E-state index in [9.17, 15) is 19.7 Å². The number of esters is 1. The zero-order valence-electron chi connectivity index (χ0n) is 13.4. The number of Topliss-reactive ketones (excluding diaryl/α,β-unsaturated/α-hetero) is 1. The molecule has 1 heterocycles. The van der Waals surface area contributed by atoms with E-state index in [1.165, 1.54) is 0 Å². The number of ether oxygens (including phenoxy) is 1. The average molecular weight is 351 g/mol. The molecule has 0 saturated carbocycles. The second-order valence-corrected chi connectivity index (χ2v) is 5.32. The van der Waals surface area contributed by atoms with Gasteiger partial charge in [-0.3, -0.25) is 14.9 Å². The summed E-state index contributed by atoms with van der Waals surface area (Å²) in [6, 6.07) is 19.1. The number of furan rings is 1. The highest BCUT2D eigenvalue weighted by atomic mass is 16.7. The fourth-order valence-electron chi connectivity index (χ4n) is 2.36. The molecule has 3 rings (SSSR count). The van der Waals surface area contributed by atoms with Crippen LogP contribution in [0.15, 0.2) is 77.2 Å². The third-order valence-electron chi connectivity index (χ3n) is 3.60. The molecule has 1 atom stereocenters. The minimum absolute atomic E-state index is 0.349. The first kappa shape index (κ1) is 17.1. The molecule has 26 heavy (non-hydrogen) atoms. The molecule has 130 valence electrons. The van der Waals surface area contributed by atoms with Gasteiger partial charge in [0.15, 0.2) is 6.10 Å². The summed E-state index contributed by atoms with van der Waals surface area (Å²) >= 11 is 0. The lowest BCUT2D eigenvalue weighted by molar-refractivity contribution is -0.402. The highest BCUT2D eigenvalue weighted by molar-refractivity contribution is 6.01. The summed E-state index contributed by atoms with van der Waals surface area (Å²) < 4.78 is 10.2. The second kappa shape index (κ2) is 7.43. The molecule has 0 aliphatic rings. The van der Waals surface area contributed by atoms with Crippen molar-refractivity contribution in [1.82, 2.24) is 0 Å². The van der Waals surface area contributed by atoms with Crippen LogP contribution in [0.2, 0.25) is 0 Å². The molecule has 7 nitrogen and oxygen atoms in total. The number of benzene rings is 2. The van der Waals surface area contributed by atoms with Gasteiger partial charge in [0.1, 0.15) is 4.92 Å². The maximum atomic E-state index is 12.8. The summed E-state index contributed by atoms with van der Waals surface area (Å²) in [7, 11) is 0. The quantitative estimate of drug-likeness (QED) is 0.288. The molecule has 1 aromatic heterocycles. The Balaban J connectivity index is 1.89. The molecule has 0 amide bonds. The van der Waals surface area contributed by atoms with Gasteiger partial charge in [0.25, 0.3) is 0 Å². The first-order valence-corrected chi connectivity index (χ1v) is 7.65. The summed E-state index contributed by atoms with van der Waals surface area (Å²) in [6.45, 7) is 0. The van der Waals surface area contributed by atoms with E-state index in [4.69, 9.17) is 9.15 Å². The minimum atomic E-state index is -1.20. The van der Waals surface area contributed by atoms with Gasteiger partial charge in [-0.05, 0) is 6.07 Å². The maximum absolute atomic E-state index is 12.8. The topological polar surface area (TPSA) is 99.7 Å². The number of hydrogen-bond acceptors (Lipinski definition) is 6. The van der Waals surface area contributed by atoms with Gasteiger partial charge < -0.3 is 9.15 Å². The molecule has 0 aliphatic carbocycles. The third kappa shape index (κ3) is 3.67. The highest BCUT2D eigenvalue weighted by Crippen LogP contribution is 2.25. The molecule has 0 fully saturated rings. The third-order valence-corrected chi connectivity index (χ3v) is 3.60. The van der Waals surface area contributed by atoms with Crippen LogP contribution in [-0.4, -0.2) is 16.7 Å².